The molecular formula is C26H27Cl2FN4O4. The second-order valence-electron chi connectivity index (χ2n) is 10.4. The Hall–Kier alpha value is -3.04. The topological polar surface area (TPSA) is 96.8 Å². The number of halogens is 3. The first-order valence-corrected chi connectivity index (χ1v) is 12.8. The molecule has 2 N–H and O–H groups in total. The predicted octanol–water partition coefficient (Wildman–Crippen LogP) is 6.83. The Labute approximate surface area is 223 Å². The lowest BCUT2D eigenvalue weighted by atomic mass is 10.00. The van der Waals surface area contributed by atoms with Crippen LogP contribution < -0.4 is 10.1 Å². The highest BCUT2D eigenvalue weighted by Crippen LogP contribution is 2.41. The summed E-state index contributed by atoms with van der Waals surface area (Å²) in [6, 6.07) is 6.08. The average molecular weight is 549 g/mol. The molecule has 1 aromatic heterocycles. The number of benzene rings is 2. The monoisotopic (exact) mass is 548 g/mol. The fraction of sp³-hybridized carbons (Fsp3) is 0.423. The van der Waals surface area contributed by atoms with Crippen molar-refractivity contribution in [1.82, 2.24) is 14.9 Å². The van der Waals surface area contributed by atoms with Crippen LogP contribution in [0.4, 0.5) is 20.7 Å². The Morgan fingerprint density at radius 2 is 1.86 bits per heavy atom. The summed E-state index contributed by atoms with van der Waals surface area (Å²) in [4.78, 5) is 23.0. The summed E-state index contributed by atoms with van der Waals surface area (Å²) in [7, 11) is 0. The number of fused-ring (bicyclic) bond motifs is 3. The minimum atomic E-state index is -0.705. The van der Waals surface area contributed by atoms with Crippen molar-refractivity contribution in [2.24, 2.45) is 0 Å². The van der Waals surface area contributed by atoms with E-state index in [1.165, 1.54) is 24.5 Å². The van der Waals surface area contributed by atoms with Gasteiger partial charge in [0.25, 0.3) is 0 Å². The zero-order valence-corrected chi connectivity index (χ0v) is 22.1. The van der Waals surface area contributed by atoms with Crippen molar-refractivity contribution < 1.29 is 23.8 Å². The van der Waals surface area contributed by atoms with Crippen LogP contribution >= 0.6 is 23.2 Å². The van der Waals surface area contributed by atoms with Crippen LogP contribution in [0.15, 0.2) is 30.6 Å². The summed E-state index contributed by atoms with van der Waals surface area (Å²) in [5.74, 6) is -0.203. The predicted molar refractivity (Wildman–Crippen MR) is 139 cm³/mol. The van der Waals surface area contributed by atoms with E-state index >= 15 is 0 Å². The molecule has 2 unspecified atom stereocenters. The van der Waals surface area contributed by atoms with Crippen LogP contribution in [0.25, 0.3) is 10.9 Å². The average Bonchev–Trinajstić information content (AvgIpc) is 3.10. The van der Waals surface area contributed by atoms with Crippen LogP contribution in [0.1, 0.15) is 46.5 Å². The molecule has 3 aromatic rings. The molecule has 3 heterocycles. The van der Waals surface area contributed by atoms with Crippen LogP contribution in [-0.4, -0.2) is 49.9 Å². The zero-order valence-electron chi connectivity index (χ0n) is 20.6. The molecule has 5 rings (SSSR count). The molecule has 196 valence electrons. The summed E-state index contributed by atoms with van der Waals surface area (Å²) in [5, 5.41) is 14.0. The molecular weight excluding hydrogens is 522 g/mol. The highest BCUT2D eigenvalue weighted by atomic mass is 35.5. The number of carbonyl (C=O) groups excluding carboxylic acids is 1. The Bertz CT molecular complexity index is 1350. The first-order valence-electron chi connectivity index (χ1n) is 12.1. The van der Waals surface area contributed by atoms with E-state index in [0.29, 0.717) is 29.6 Å². The smallest absolute Gasteiger partial charge is 0.410 e. The number of aromatic hydroxyl groups is 1. The second-order valence-corrected chi connectivity index (χ2v) is 11.2. The van der Waals surface area contributed by atoms with Gasteiger partial charge in [-0.05, 0) is 51.8 Å². The molecule has 0 spiro atoms. The highest BCUT2D eigenvalue weighted by Gasteiger charge is 2.45. The summed E-state index contributed by atoms with van der Waals surface area (Å²) in [6.07, 6.45) is 3.82. The number of ether oxygens (including phenoxy) is 2. The normalized spacial score (nSPS) is 21.2. The third kappa shape index (κ3) is 5.20. The van der Waals surface area contributed by atoms with E-state index in [0.717, 1.165) is 12.8 Å². The molecule has 2 saturated heterocycles. The summed E-state index contributed by atoms with van der Waals surface area (Å²) < 4.78 is 26.5. The lowest BCUT2D eigenvalue weighted by Crippen LogP contribution is -2.50. The van der Waals surface area contributed by atoms with E-state index in [9.17, 15) is 14.3 Å². The summed E-state index contributed by atoms with van der Waals surface area (Å²) >= 11 is 11.8. The van der Waals surface area contributed by atoms with Crippen molar-refractivity contribution in [3.63, 3.8) is 0 Å². The van der Waals surface area contributed by atoms with Crippen molar-refractivity contribution in [3.05, 3.63) is 46.5 Å². The maximum Gasteiger partial charge on any atom is 0.410 e. The van der Waals surface area contributed by atoms with E-state index in [-0.39, 0.29) is 51.5 Å². The first kappa shape index (κ1) is 25.6. The van der Waals surface area contributed by atoms with Gasteiger partial charge in [0.15, 0.2) is 17.3 Å². The van der Waals surface area contributed by atoms with Gasteiger partial charge in [0.2, 0.25) is 0 Å². The van der Waals surface area contributed by atoms with Crippen molar-refractivity contribution in [2.45, 2.75) is 70.2 Å². The van der Waals surface area contributed by atoms with Gasteiger partial charge < -0.3 is 24.8 Å². The molecule has 2 fully saturated rings. The van der Waals surface area contributed by atoms with Gasteiger partial charge in [-0.15, -0.1) is 0 Å². The van der Waals surface area contributed by atoms with Crippen LogP contribution in [0.2, 0.25) is 10.0 Å². The number of piperidine rings is 1. The number of aromatic nitrogens is 2. The van der Waals surface area contributed by atoms with Crippen molar-refractivity contribution in [3.8, 4) is 11.5 Å². The largest absolute Gasteiger partial charge is 0.504 e. The SMILES string of the molecule is CC(C)(C)OC(=O)N1C2CC[C@@H]1CC(Oc1cc3c(Nc4ccc(Cl)c(Cl)c4F)ncnc3cc1O)C2. The third-order valence-corrected chi connectivity index (χ3v) is 7.37. The molecule has 2 aromatic carbocycles. The van der Waals surface area contributed by atoms with E-state index in [1.807, 2.05) is 25.7 Å². The van der Waals surface area contributed by atoms with Crippen LogP contribution in [0.3, 0.4) is 0 Å². The van der Waals surface area contributed by atoms with Crippen LogP contribution in [-0.2, 0) is 4.74 Å². The minimum absolute atomic E-state index is 0.0133. The van der Waals surface area contributed by atoms with Crippen molar-refractivity contribution in [2.75, 3.05) is 5.32 Å². The third-order valence-electron chi connectivity index (χ3n) is 6.59. The number of hydrogen-bond donors (Lipinski definition) is 2. The quantitative estimate of drug-likeness (QED) is 0.344. The van der Waals surface area contributed by atoms with Crippen molar-refractivity contribution in [1.29, 1.82) is 0 Å². The Morgan fingerprint density at radius 3 is 2.54 bits per heavy atom. The minimum Gasteiger partial charge on any atom is -0.504 e. The first-order chi connectivity index (χ1) is 17.5. The van der Waals surface area contributed by atoms with E-state index in [2.05, 4.69) is 15.3 Å². The summed E-state index contributed by atoms with van der Waals surface area (Å²) in [6.45, 7) is 5.57. The molecule has 1 amide bonds. The molecule has 8 nitrogen and oxygen atoms in total. The standard InChI is InChI=1S/C26H27Cl2FN4O4/c1-26(2,3)37-25(35)33-13-4-5-14(33)9-15(8-13)36-21-10-16-19(11-20(21)34)30-12-31-24(16)32-18-7-6-17(27)22(28)23(18)29/h6-7,10-15,34H,4-5,8-9H2,1-3H3,(H,30,31,32)/t13-,14?,15?/m1/s1. The molecule has 0 radical (unpaired) electrons. The molecule has 3 atom stereocenters. The number of phenols is 1. The van der Waals surface area contributed by atoms with Gasteiger partial charge in [0.05, 0.1) is 21.2 Å². The van der Waals surface area contributed by atoms with Gasteiger partial charge >= 0.3 is 6.09 Å². The molecule has 2 aliphatic rings. The van der Waals surface area contributed by atoms with Gasteiger partial charge in [0, 0.05) is 36.4 Å². The maximum atomic E-state index is 14.6. The van der Waals surface area contributed by atoms with Gasteiger partial charge in [-0.1, -0.05) is 23.2 Å². The fourth-order valence-electron chi connectivity index (χ4n) is 5.03. The zero-order chi connectivity index (χ0) is 26.5. The highest BCUT2D eigenvalue weighted by molar-refractivity contribution is 6.42. The molecule has 11 heteroatoms. The van der Waals surface area contributed by atoms with Gasteiger partial charge in [-0.2, -0.15) is 0 Å². The fourth-order valence-corrected chi connectivity index (χ4v) is 5.34. The number of nitrogens with one attached hydrogen (secondary N) is 1. The van der Waals surface area contributed by atoms with E-state index in [1.54, 1.807) is 6.07 Å². The Balaban J connectivity index is 1.37. The summed E-state index contributed by atoms with van der Waals surface area (Å²) in [5.41, 5.74) is -0.0203. The molecule has 2 aliphatic heterocycles. The van der Waals surface area contributed by atoms with Gasteiger partial charge in [-0.25, -0.2) is 19.2 Å². The van der Waals surface area contributed by atoms with Gasteiger partial charge in [0.1, 0.15) is 23.9 Å². The van der Waals surface area contributed by atoms with E-state index in [4.69, 9.17) is 32.7 Å². The number of rotatable bonds is 4. The lowest BCUT2D eigenvalue weighted by molar-refractivity contribution is -0.00736. The van der Waals surface area contributed by atoms with Crippen LogP contribution in [0, 0.1) is 5.82 Å². The van der Waals surface area contributed by atoms with Crippen LogP contribution in [0.5, 0.6) is 11.5 Å². The number of phenolic OH excluding ortho intramolecular Hbond substituents is 1. The number of carbonyl (C=O) groups is 1. The second kappa shape index (κ2) is 9.68. The van der Waals surface area contributed by atoms with Gasteiger partial charge in [-0.3, -0.25) is 0 Å². The lowest BCUT2D eigenvalue weighted by Gasteiger charge is -2.39. The Morgan fingerprint density at radius 1 is 1.16 bits per heavy atom. The number of hydrogen-bond acceptors (Lipinski definition) is 7. The number of anilines is 2. The van der Waals surface area contributed by atoms with E-state index < -0.39 is 11.4 Å². The molecule has 0 saturated carbocycles. The van der Waals surface area contributed by atoms with Crippen molar-refractivity contribution >= 4 is 51.7 Å². The Kier molecular flexibility index (Phi) is 6.70. The molecule has 2 bridgehead atoms. The molecule has 37 heavy (non-hydrogen) atoms. The number of nitrogens with zero attached hydrogens (tertiary/aromatic N) is 3. The maximum absolute atomic E-state index is 14.6. The number of amides is 1. The molecule has 0 aliphatic carbocycles.